The van der Waals surface area contributed by atoms with Crippen LogP contribution in [-0.4, -0.2) is 41.0 Å². The lowest BCUT2D eigenvalue weighted by atomic mass is 9.94. The Bertz CT molecular complexity index is 1100. The van der Waals surface area contributed by atoms with E-state index in [0.29, 0.717) is 32.4 Å². The van der Waals surface area contributed by atoms with Crippen molar-refractivity contribution in [2.24, 2.45) is 0 Å². The molecule has 1 heterocycles. The molecule has 0 bridgehead atoms. The van der Waals surface area contributed by atoms with Crippen LogP contribution in [0.15, 0.2) is 42.1 Å². The minimum atomic E-state index is -0.0662. The summed E-state index contributed by atoms with van der Waals surface area (Å²) < 4.78 is 11.5. The van der Waals surface area contributed by atoms with Crippen molar-refractivity contribution in [3.05, 3.63) is 63.3 Å². The first-order chi connectivity index (χ1) is 15.9. The molecule has 5 nitrogen and oxygen atoms in total. The molecule has 1 saturated heterocycles. The predicted molar refractivity (Wildman–Crippen MR) is 136 cm³/mol. The van der Waals surface area contributed by atoms with Crippen molar-refractivity contribution in [1.29, 1.82) is 0 Å². The lowest BCUT2D eigenvalue weighted by molar-refractivity contribution is -0.124. The van der Waals surface area contributed by atoms with Gasteiger partial charge in [-0.1, -0.05) is 60.7 Å². The van der Waals surface area contributed by atoms with Crippen LogP contribution in [0.5, 0.6) is 11.5 Å². The van der Waals surface area contributed by atoms with Gasteiger partial charge in [-0.3, -0.25) is 9.69 Å². The molecule has 2 aromatic carbocycles. The summed E-state index contributed by atoms with van der Waals surface area (Å²) in [6.45, 7) is 0.252. The van der Waals surface area contributed by atoms with Crippen LogP contribution < -0.4 is 9.47 Å². The van der Waals surface area contributed by atoms with Crippen LogP contribution in [0.3, 0.4) is 0 Å². The molecule has 1 aliphatic carbocycles. The van der Waals surface area contributed by atoms with E-state index in [9.17, 15) is 4.79 Å². The zero-order valence-corrected chi connectivity index (χ0v) is 21.0. The van der Waals surface area contributed by atoms with E-state index in [-0.39, 0.29) is 18.6 Å². The Kier molecular flexibility index (Phi) is 7.47. The number of ether oxygens (including phenoxy) is 2. The van der Waals surface area contributed by atoms with Gasteiger partial charge in [-0.15, -0.1) is 0 Å². The Balaban J connectivity index is 1.59. The van der Waals surface area contributed by atoms with Crippen molar-refractivity contribution in [1.82, 2.24) is 9.80 Å². The van der Waals surface area contributed by atoms with Crippen LogP contribution in [0.1, 0.15) is 43.2 Å². The number of hydrogen-bond donors (Lipinski definition) is 0. The summed E-state index contributed by atoms with van der Waals surface area (Å²) in [5.74, 6) is 0.830. The number of nitrogens with zero attached hydrogens (tertiary/aromatic N) is 2. The average Bonchev–Trinajstić information content (AvgIpc) is 3.02. The van der Waals surface area contributed by atoms with Crippen LogP contribution in [0.25, 0.3) is 6.08 Å². The molecule has 33 heavy (non-hydrogen) atoms. The summed E-state index contributed by atoms with van der Waals surface area (Å²) in [7, 11) is 3.38. The van der Waals surface area contributed by atoms with E-state index < -0.39 is 0 Å². The molecule has 2 fully saturated rings. The van der Waals surface area contributed by atoms with Gasteiger partial charge in [-0.2, -0.15) is 0 Å². The van der Waals surface area contributed by atoms with E-state index in [4.69, 9.17) is 44.9 Å². The zero-order valence-electron chi connectivity index (χ0n) is 18.6. The van der Waals surface area contributed by atoms with Gasteiger partial charge in [0, 0.05) is 23.7 Å². The number of benzene rings is 2. The van der Waals surface area contributed by atoms with E-state index in [1.54, 1.807) is 35.1 Å². The van der Waals surface area contributed by atoms with Crippen LogP contribution in [0.2, 0.25) is 10.0 Å². The maximum Gasteiger partial charge on any atom is 0.277 e. The lowest BCUT2D eigenvalue weighted by Crippen LogP contribution is -2.41. The maximum atomic E-state index is 13.3. The first-order valence-electron chi connectivity index (χ1n) is 11.0. The van der Waals surface area contributed by atoms with Crippen molar-refractivity contribution >= 4 is 52.5 Å². The number of halogens is 2. The van der Waals surface area contributed by atoms with Crippen LogP contribution in [0, 0.1) is 0 Å². The van der Waals surface area contributed by atoms with Gasteiger partial charge in [0.2, 0.25) is 0 Å². The molecule has 4 rings (SSSR count). The van der Waals surface area contributed by atoms with E-state index in [1.165, 1.54) is 6.42 Å². The van der Waals surface area contributed by atoms with Crippen molar-refractivity contribution in [3.63, 3.8) is 0 Å². The third-order valence-electron chi connectivity index (χ3n) is 6.12. The van der Waals surface area contributed by atoms with E-state index in [2.05, 4.69) is 0 Å². The minimum absolute atomic E-state index is 0.0662. The molecule has 8 heteroatoms. The molecule has 1 aliphatic heterocycles. The second-order valence-corrected chi connectivity index (χ2v) is 9.43. The molecule has 1 amide bonds. The van der Waals surface area contributed by atoms with Crippen molar-refractivity contribution in [2.45, 2.75) is 44.8 Å². The van der Waals surface area contributed by atoms with Crippen molar-refractivity contribution in [3.8, 4) is 11.5 Å². The highest BCUT2D eigenvalue weighted by Crippen LogP contribution is 2.39. The van der Waals surface area contributed by atoms with Gasteiger partial charge in [0.15, 0.2) is 16.6 Å². The molecule has 2 aliphatic rings. The van der Waals surface area contributed by atoms with Gasteiger partial charge in [0.05, 0.1) is 12.1 Å². The highest BCUT2D eigenvalue weighted by molar-refractivity contribution is 7.80. The molecule has 1 saturated carbocycles. The van der Waals surface area contributed by atoms with Gasteiger partial charge in [-0.25, -0.2) is 0 Å². The fraction of sp³-hybridized carbons (Fsp3) is 0.360. The number of likely N-dealkylation sites (N-methyl/N-ethyl adjacent to an activating group) is 1. The van der Waals surface area contributed by atoms with Gasteiger partial charge < -0.3 is 14.4 Å². The molecular weight excluding hydrogens is 479 g/mol. The fourth-order valence-electron chi connectivity index (χ4n) is 4.32. The molecule has 0 aromatic heterocycles. The Morgan fingerprint density at radius 1 is 1.12 bits per heavy atom. The second-order valence-electron chi connectivity index (χ2n) is 8.25. The van der Waals surface area contributed by atoms with Crippen LogP contribution in [0.4, 0.5) is 0 Å². The molecule has 0 N–H and O–H groups in total. The molecular formula is C25H26Cl2N2O3S. The number of carbonyl (C=O) groups excluding carboxylic acids is 1. The smallest absolute Gasteiger partial charge is 0.277 e. The fourth-order valence-corrected chi connectivity index (χ4v) is 5.12. The summed E-state index contributed by atoms with van der Waals surface area (Å²) in [4.78, 5) is 16.8. The Morgan fingerprint density at radius 2 is 1.85 bits per heavy atom. The molecule has 0 atom stereocenters. The SMILES string of the molecule is COc1cc(/C=C2/C(=O)N(C3CCCCC3)C(=S)N2C)cc(Cl)c1OCc1ccccc1Cl. The summed E-state index contributed by atoms with van der Waals surface area (Å²) in [6.07, 6.45) is 7.25. The van der Waals surface area contributed by atoms with Gasteiger partial charge in [0.25, 0.3) is 5.91 Å². The largest absolute Gasteiger partial charge is 0.493 e. The van der Waals surface area contributed by atoms with E-state index in [1.807, 2.05) is 31.3 Å². The number of amides is 1. The third-order valence-corrected chi connectivity index (χ3v) is 7.24. The number of methoxy groups -OCH3 is 1. The summed E-state index contributed by atoms with van der Waals surface area (Å²) in [6, 6.07) is 11.2. The van der Waals surface area contributed by atoms with Crippen LogP contribution >= 0.6 is 35.4 Å². The Labute approximate surface area is 209 Å². The van der Waals surface area contributed by atoms with E-state index in [0.717, 1.165) is 36.8 Å². The maximum absolute atomic E-state index is 13.3. The molecule has 0 spiro atoms. The van der Waals surface area contributed by atoms with Gasteiger partial charge in [0.1, 0.15) is 12.3 Å². The van der Waals surface area contributed by atoms with Crippen molar-refractivity contribution in [2.75, 3.05) is 14.2 Å². The quantitative estimate of drug-likeness (QED) is 0.340. The number of carbonyl (C=O) groups is 1. The first kappa shape index (κ1) is 23.9. The Hall–Kier alpha value is -2.28. The van der Waals surface area contributed by atoms with Crippen molar-refractivity contribution < 1.29 is 14.3 Å². The molecule has 0 unspecified atom stereocenters. The first-order valence-corrected chi connectivity index (χ1v) is 12.1. The van der Waals surface area contributed by atoms with Crippen LogP contribution in [-0.2, 0) is 11.4 Å². The lowest BCUT2D eigenvalue weighted by Gasteiger charge is -2.30. The monoisotopic (exact) mass is 504 g/mol. The summed E-state index contributed by atoms with van der Waals surface area (Å²) in [5, 5.41) is 1.55. The second kappa shape index (κ2) is 10.3. The molecule has 174 valence electrons. The average molecular weight is 505 g/mol. The number of thiocarbonyl (C=S) groups is 1. The zero-order chi connectivity index (χ0) is 23.5. The normalized spacial score (nSPS) is 18.4. The minimum Gasteiger partial charge on any atom is -0.493 e. The number of rotatable bonds is 6. The van der Waals surface area contributed by atoms with E-state index >= 15 is 0 Å². The predicted octanol–water partition coefficient (Wildman–Crippen LogP) is 6.31. The highest BCUT2D eigenvalue weighted by Gasteiger charge is 2.40. The third kappa shape index (κ3) is 4.98. The van der Waals surface area contributed by atoms with Gasteiger partial charge >= 0.3 is 0 Å². The summed E-state index contributed by atoms with van der Waals surface area (Å²) in [5.41, 5.74) is 2.09. The summed E-state index contributed by atoms with van der Waals surface area (Å²) >= 11 is 18.4. The molecule has 2 aromatic rings. The number of hydrogen-bond acceptors (Lipinski definition) is 4. The highest BCUT2D eigenvalue weighted by atomic mass is 35.5. The topological polar surface area (TPSA) is 42.0 Å². The van der Waals surface area contributed by atoms with Gasteiger partial charge in [-0.05, 0) is 54.9 Å². The standard InChI is InChI=1S/C25H26Cl2N2O3S/c1-28-21(24(30)29(25(28)33)18-9-4-3-5-10-18)13-16-12-20(27)23(22(14-16)31-2)32-15-17-8-6-7-11-19(17)26/h6-8,11-14,18H,3-5,9-10,15H2,1-2H3/b21-13-. The molecule has 0 radical (unpaired) electrons. The Morgan fingerprint density at radius 3 is 2.55 bits per heavy atom.